The second-order valence-corrected chi connectivity index (χ2v) is 4.90. The van der Waals surface area contributed by atoms with Crippen LogP contribution >= 0.6 is 11.6 Å². The minimum atomic E-state index is -0.707. The summed E-state index contributed by atoms with van der Waals surface area (Å²) in [4.78, 5) is 24.1. The van der Waals surface area contributed by atoms with Crippen molar-refractivity contribution in [2.45, 2.75) is 0 Å². The van der Waals surface area contributed by atoms with Crippen LogP contribution in [-0.4, -0.2) is 36.9 Å². The molecular weight excluding hydrogens is 292 g/mol. The third-order valence-electron chi connectivity index (χ3n) is 2.58. The van der Waals surface area contributed by atoms with Crippen molar-refractivity contribution in [3.05, 3.63) is 58.5 Å². The third-order valence-corrected chi connectivity index (χ3v) is 2.83. The molecule has 0 bridgehead atoms. The molecule has 6 heteroatoms. The Balaban J connectivity index is 2.16. The van der Waals surface area contributed by atoms with Crippen LogP contribution in [0.25, 0.3) is 0 Å². The Hall–Kier alpha value is -2.40. The van der Waals surface area contributed by atoms with Crippen LogP contribution in [0.3, 0.4) is 0 Å². The summed E-state index contributed by atoms with van der Waals surface area (Å²) in [5.41, 5.74) is 0.268. The molecule has 0 amide bonds. The summed E-state index contributed by atoms with van der Waals surface area (Å²) in [5.74, 6) is -0.968. The summed E-state index contributed by atoms with van der Waals surface area (Å²) in [6.45, 7) is 0. The molecule has 1 aromatic heterocycles. The van der Waals surface area contributed by atoms with E-state index < -0.39 is 11.6 Å². The van der Waals surface area contributed by atoms with Crippen molar-refractivity contribution in [3.8, 4) is 0 Å². The average Bonchev–Trinajstić information content (AvgIpc) is 2.93. The standard InChI is InChI=1S/C15H13ClN2O3/c1-18(2)17-9-12-7-8-13(21-12)15(20)14(19)10-3-5-11(16)6-4-10/h3-9H,1-2H3/b17-9+. The van der Waals surface area contributed by atoms with Gasteiger partial charge in [-0.3, -0.25) is 9.59 Å². The van der Waals surface area contributed by atoms with E-state index in [1.807, 2.05) is 0 Å². The van der Waals surface area contributed by atoms with E-state index >= 15 is 0 Å². The van der Waals surface area contributed by atoms with Crippen LogP contribution in [-0.2, 0) is 0 Å². The minimum absolute atomic E-state index is 0.0184. The fourth-order valence-electron chi connectivity index (χ4n) is 1.56. The lowest BCUT2D eigenvalue weighted by molar-refractivity contribution is 0.0800. The molecule has 0 atom stereocenters. The molecule has 2 aromatic rings. The molecule has 21 heavy (non-hydrogen) atoms. The predicted octanol–water partition coefficient (Wildman–Crippen LogP) is 2.89. The lowest BCUT2D eigenvalue weighted by Crippen LogP contribution is -2.13. The van der Waals surface area contributed by atoms with E-state index in [2.05, 4.69) is 5.10 Å². The van der Waals surface area contributed by atoms with E-state index in [-0.39, 0.29) is 11.3 Å². The molecule has 0 saturated carbocycles. The number of carbonyl (C=O) groups excluding carboxylic acids is 2. The topological polar surface area (TPSA) is 62.9 Å². The molecule has 0 radical (unpaired) electrons. The van der Waals surface area contributed by atoms with E-state index in [1.165, 1.54) is 24.4 Å². The maximum absolute atomic E-state index is 12.1. The molecular formula is C15H13ClN2O3. The van der Waals surface area contributed by atoms with Crippen LogP contribution in [0, 0.1) is 0 Å². The first kappa shape index (κ1) is 15.0. The van der Waals surface area contributed by atoms with Gasteiger partial charge in [-0.25, -0.2) is 0 Å². The zero-order valence-corrected chi connectivity index (χ0v) is 12.3. The van der Waals surface area contributed by atoms with Crippen molar-refractivity contribution in [3.63, 3.8) is 0 Å². The molecule has 108 valence electrons. The van der Waals surface area contributed by atoms with Crippen molar-refractivity contribution in [2.75, 3.05) is 14.1 Å². The SMILES string of the molecule is CN(C)/N=C/c1ccc(C(=O)C(=O)c2ccc(Cl)cc2)o1. The number of rotatable bonds is 5. The monoisotopic (exact) mass is 304 g/mol. The van der Waals surface area contributed by atoms with Gasteiger partial charge in [0.25, 0.3) is 5.78 Å². The van der Waals surface area contributed by atoms with Gasteiger partial charge in [0.15, 0.2) is 5.76 Å². The van der Waals surface area contributed by atoms with Gasteiger partial charge in [0.2, 0.25) is 5.78 Å². The van der Waals surface area contributed by atoms with E-state index in [1.54, 1.807) is 37.3 Å². The lowest BCUT2D eigenvalue weighted by atomic mass is 10.1. The van der Waals surface area contributed by atoms with Gasteiger partial charge in [0, 0.05) is 24.7 Å². The van der Waals surface area contributed by atoms with Crippen LogP contribution < -0.4 is 0 Å². The second kappa shape index (κ2) is 6.37. The van der Waals surface area contributed by atoms with Gasteiger partial charge >= 0.3 is 0 Å². The van der Waals surface area contributed by atoms with Crippen molar-refractivity contribution >= 4 is 29.4 Å². The summed E-state index contributed by atoms with van der Waals surface area (Å²) in [6, 6.07) is 9.14. The van der Waals surface area contributed by atoms with E-state index in [9.17, 15) is 9.59 Å². The fraction of sp³-hybridized carbons (Fsp3) is 0.133. The van der Waals surface area contributed by atoms with E-state index in [0.717, 1.165) is 0 Å². The summed E-state index contributed by atoms with van der Waals surface area (Å²) in [7, 11) is 3.52. The average molecular weight is 305 g/mol. The van der Waals surface area contributed by atoms with Crippen LogP contribution in [0.2, 0.25) is 5.02 Å². The van der Waals surface area contributed by atoms with Crippen molar-refractivity contribution in [1.82, 2.24) is 5.01 Å². The molecule has 0 N–H and O–H groups in total. The fourth-order valence-corrected chi connectivity index (χ4v) is 1.69. The molecule has 0 aliphatic rings. The van der Waals surface area contributed by atoms with E-state index in [4.69, 9.17) is 16.0 Å². The van der Waals surface area contributed by atoms with Crippen LogP contribution in [0.5, 0.6) is 0 Å². The Bertz CT molecular complexity index is 687. The summed E-state index contributed by atoms with van der Waals surface area (Å²) in [6.07, 6.45) is 1.46. The first-order chi connectivity index (χ1) is 9.97. The molecule has 1 heterocycles. The molecule has 1 aromatic carbocycles. The highest BCUT2D eigenvalue weighted by Crippen LogP contribution is 2.14. The summed E-state index contributed by atoms with van der Waals surface area (Å²) < 4.78 is 5.29. The van der Waals surface area contributed by atoms with Gasteiger partial charge in [-0.1, -0.05) is 11.6 Å². The number of nitrogens with zero attached hydrogens (tertiary/aromatic N) is 2. The molecule has 0 fully saturated rings. The molecule has 0 aliphatic carbocycles. The van der Waals surface area contributed by atoms with Crippen molar-refractivity contribution < 1.29 is 14.0 Å². The third kappa shape index (κ3) is 3.79. The summed E-state index contributed by atoms with van der Waals surface area (Å²) >= 11 is 5.74. The van der Waals surface area contributed by atoms with Gasteiger partial charge in [0.1, 0.15) is 5.76 Å². The first-order valence-electron chi connectivity index (χ1n) is 6.13. The lowest BCUT2D eigenvalue weighted by Gasteiger charge is -2.00. The molecule has 0 unspecified atom stereocenters. The molecule has 0 aliphatic heterocycles. The number of benzene rings is 1. The van der Waals surface area contributed by atoms with Crippen LogP contribution in [0.4, 0.5) is 0 Å². The van der Waals surface area contributed by atoms with Crippen LogP contribution in [0.15, 0.2) is 45.9 Å². The Kier molecular flexibility index (Phi) is 4.55. The Morgan fingerprint density at radius 3 is 2.38 bits per heavy atom. The Morgan fingerprint density at radius 2 is 1.76 bits per heavy atom. The number of hydrazone groups is 1. The van der Waals surface area contributed by atoms with Gasteiger partial charge in [0.05, 0.1) is 6.21 Å². The number of carbonyl (C=O) groups is 2. The molecule has 5 nitrogen and oxygen atoms in total. The highest BCUT2D eigenvalue weighted by atomic mass is 35.5. The van der Waals surface area contributed by atoms with E-state index in [0.29, 0.717) is 10.8 Å². The normalized spacial score (nSPS) is 10.8. The maximum atomic E-state index is 12.1. The zero-order chi connectivity index (χ0) is 15.4. The minimum Gasteiger partial charge on any atom is -0.451 e. The zero-order valence-electron chi connectivity index (χ0n) is 11.5. The summed E-state index contributed by atoms with van der Waals surface area (Å²) in [5, 5.41) is 6.07. The van der Waals surface area contributed by atoms with Gasteiger partial charge in [-0.15, -0.1) is 0 Å². The number of Topliss-reactive ketones (excluding diaryl/α,β-unsaturated/α-hetero) is 2. The van der Waals surface area contributed by atoms with Gasteiger partial charge in [-0.05, 0) is 36.4 Å². The molecule has 0 spiro atoms. The highest BCUT2D eigenvalue weighted by molar-refractivity contribution is 6.48. The highest BCUT2D eigenvalue weighted by Gasteiger charge is 2.21. The largest absolute Gasteiger partial charge is 0.451 e. The number of ketones is 2. The Labute approximate surface area is 126 Å². The molecule has 2 rings (SSSR count). The van der Waals surface area contributed by atoms with Crippen molar-refractivity contribution in [1.29, 1.82) is 0 Å². The Morgan fingerprint density at radius 1 is 1.10 bits per heavy atom. The first-order valence-corrected chi connectivity index (χ1v) is 6.51. The second-order valence-electron chi connectivity index (χ2n) is 4.46. The molecule has 0 saturated heterocycles. The maximum Gasteiger partial charge on any atom is 0.268 e. The van der Waals surface area contributed by atoms with Crippen molar-refractivity contribution in [2.24, 2.45) is 5.10 Å². The number of furan rings is 1. The number of hydrogen-bond donors (Lipinski definition) is 0. The number of halogens is 1. The van der Waals surface area contributed by atoms with Gasteiger partial charge < -0.3 is 9.43 Å². The predicted molar refractivity (Wildman–Crippen MR) is 80.1 cm³/mol. The quantitative estimate of drug-likeness (QED) is 0.369. The smallest absolute Gasteiger partial charge is 0.268 e. The van der Waals surface area contributed by atoms with Crippen LogP contribution in [0.1, 0.15) is 26.7 Å². The van der Waals surface area contributed by atoms with Gasteiger partial charge in [-0.2, -0.15) is 5.10 Å². The number of hydrogen-bond acceptors (Lipinski definition) is 5.